The summed E-state index contributed by atoms with van der Waals surface area (Å²) in [4.78, 5) is 0. The molecule has 14 heavy (non-hydrogen) atoms. The summed E-state index contributed by atoms with van der Waals surface area (Å²) in [7, 11) is 1.82. The van der Waals surface area contributed by atoms with E-state index < -0.39 is 0 Å². The zero-order valence-electron chi connectivity index (χ0n) is 8.50. The maximum absolute atomic E-state index is 5.81. The molecule has 0 radical (unpaired) electrons. The molecular weight excluding hydrogens is 178 g/mol. The summed E-state index contributed by atoms with van der Waals surface area (Å²) in [6.45, 7) is 3.90. The number of H-pyrrole nitrogens is 1. The third-order valence-electron chi connectivity index (χ3n) is 2.29. The number of nitrogens with two attached hydrogens (primary N) is 1. The summed E-state index contributed by atoms with van der Waals surface area (Å²) in [5.41, 5.74) is 9.48. The Morgan fingerprint density at radius 3 is 2.57 bits per heavy atom. The minimum atomic E-state index is 0.681. The van der Waals surface area contributed by atoms with E-state index in [1.807, 2.05) is 27.0 Å². The molecule has 0 aliphatic carbocycles. The molecule has 2 aromatic rings. The largest absolute Gasteiger partial charge is 0.384 e. The number of aromatic nitrogens is 4. The van der Waals surface area contributed by atoms with Crippen molar-refractivity contribution in [2.75, 3.05) is 5.73 Å². The lowest BCUT2D eigenvalue weighted by molar-refractivity contribution is 0.780. The number of nitrogens with zero attached hydrogens (tertiary/aromatic N) is 3. The van der Waals surface area contributed by atoms with Crippen LogP contribution in [0.25, 0.3) is 11.4 Å². The molecule has 0 aliphatic rings. The summed E-state index contributed by atoms with van der Waals surface area (Å²) in [5, 5.41) is 11.3. The second kappa shape index (κ2) is 2.87. The van der Waals surface area contributed by atoms with E-state index >= 15 is 0 Å². The highest BCUT2D eigenvalue weighted by atomic mass is 15.3. The van der Waals surface area contributed by atoms with Crippen LogP contribution in [0.4, 0.5) is 5.82 Å². The van der Waals surface area contributed by atoms with Crippen LogP contribution in [0.1, 0.15) is 11.3 Å². The predicted molar refractivity (Wildman–Crippen MR) is 54.7 cm³/mol. The van der Waals surface area contributed by atoms with Gasteiger partial charge in [-0.25, -0.2) is 0 Å². The number of hydrogen-bond acceptors (Lipinski definition) is 3. The van der Waals surface area contributed by atoms with Gasteiger partial charge in [0.1, 0.15) is 17.2 Å². The second-order valence-electron chi connectivity index (χ2n) is 3.42. The topological polar surface area (TPSA) is 72.5 Å². The fraction of sp³-hybridized carbons (Fsp3) is 0.333. The Morgan fingerprint density at radius 1 is 1.43 bits per heavy atom. The van der Waals surface area contributed by atoms with E-state index in [0.717, 1.165) is 22.6 Å². The molecule has 0 spiro atoms. The van der Waals surface area contributed by atoms with Gasteiger partial charge in [-0.3, -0.25) is 9.78 Å². The van der Waals surface area contributed by atoms with Gasteiger partial charge in [-0.1, -0.05) is 0 Å². The zero-order chi connectivity index (χ0) is 10.3. The smallest absolute Gasteiger partial charge is 0.124 e. The molecule has 0 saturated heterocycles. The highest BCUT2D eigenvalue weighted by Crippen LogP contribution is 2.24. The Hall–Kier alpha value is -1.78. The first kappa shape index (κ1) is 8.80. The first-order valence-electron chi connectivity index (χ1n) is 4.41. The molecule has 0 atom stereocenters. The third-order valence-corrected chi connectivity index (χ3v) is 2.29. The fourth-order valence-electron chi connectivity index (χ4n) is 1.43. The molecule has 2 heterocycles. The molecule has 5 heteroatoms. The summed E-state index contributed by atoms with van der Waals surface area (Å²) in [6.07, 6.45) is 0. The number of hydrogen-bond donors (Lipinski definition) is 2. The van der Waals surface area contributed by atoms with Crippen LogP contribution in [0.5, 0.6) is 0 Å². The molecule has 74 valence electrons. The SMILES string of the molecule is Cc1cc(-c2nn(C)c(N)c2C)n[nH]1. The van der Waals surface area contributed by atoms with E-state index in [4.69, 9.17) is 5.73 Å². The molecule has 0 unspecified atom stereocenters. The van der Waals surface area contributed by atoms with Crippen molar-refractivity contribution in [3.05, 3.63) is 17.3 Å². The van der Waals surface area contributed by atoms with Gasteiger partial charge >= 0.3 is 0 Å². The van der Waals surface area contributed by atoms with Crippen LogP contribution in [-0.4, -0.2) is 20.0 Å². The van der Waals surface area contributed by atoms with Crippen LogP contribution in [0, 0.1) is 13.8 Å². The van der Waals surface area contributed by atoms with Crippen molar-refractivity contribution < 1.29 is 0 Å². The van der Waals surface area contributed by atoms with Gasteiger partial charge in [0.05, 0.1) is 0 Å². The van der Waals surface area contributed by atoms with Crippen LogP contribution in [0.2, 0.25) is 0 Å². The lowest BCUT2D eigenvalue weighted by atomic mass is 10.2. The first-order valence-corrected chi connectivity index (χ1v) is 4.41. The maximum atomic E-state index is 5.81. The van der Waals surface area contributed by atoms with Gasteiger partial charge in [0, 0.05) is 18.3 Å². The number of aromatic amines is 1. The quantitative estimate of drug-likeness (QED) is 0.706. The average molecular weight is 191 g/mol. The highest BCUT2D eigenvalue weighted by molar-refractivity contribution is 5.64. The van der Waals surface area contributed by atoms with Crippen molar-refractivity contribution >= 4 is 5.82 Å². The molecule has 3 N–H and O–H groups in total. The lowest BCUT2D eigenvalue weighted by Gasteiger charge is -1.91. The number of anilines is 1. The number of nitrogen functional groups attached to an aromatic ring is 1. The third kappa shape index (κ3) is 1.17. The summed E-state index contributed by atoms with van der Waals surface area (Å²) < 4.78 is 1.66. The Labute approximate surface area is 81.9 Å². The van der Waals surface area contributed by atoms with Gasteiger partial charge in [-0.05, 0) is 19.9 Å². The molecule has 0 fully saturated rings. The van der Waals surface area contributed by atoms with E-state index in [-0.39, 0.29) is 0 Å². The lowest BCUT2D eigenvalue weighted by Crippen LogP contribution is -1.97. The van der Waals surface area contributed by atoms with Gasteiger partial charge in [0.15, 0.2) is 0 Å². The molecule has 0 amide bonds. The summed E-state index contributed by atoms with van der Waals surface area (Å²) in [5.74, 6) is 0.681. The summed E-state index contributed by atoms with van der Waals surface area (Å²) in [6, 6.07) is 1.95. The summed E-state index contributed by atoms with van der Waals surface area (Å²) >= 11 is 0. The Bertz CT molecular complexity index is 466. The monoisotopic (exact) mass is 191 g/mol. The normalized spacial score (nSPS) is 10.8. The van der Waals surface area contributed by atoms with Crippen LogP contribution in [-0.2, 0) is 7.05 Å². The Balaban J connectivity index is 2.57. The average Bonchev–Trinajstić information content (AvgIpc) is 2.66. The standard InChI is InChI=1S/C9H13N5/c1-5-4-7(12-11-5)8-6(2)9(10)14(3)13-8/h4H,10H2,1-3H3,(H,11,12). The second-order valence-corrected chi connectivity index (χ2v) is 3.42. The van der Waals surface area contributed by atoms with Gasteiger partial charge in [0.25, 0.3) is 0 Å². The number of nitrogens with one attached hydrogen (secondary N) is 1. The van der Waals surface area contributed by atoms with Crippen molar-refractivity contribution in [1.82, 2.24) is 20.0 Å². The van der Waals surface area contributed by atoms with E-state index in [0.29, 0.717) is 5.82 Å². The number of rotatable bonds is 1. The molecule has 2 aromatic heterocycles. The van der Waals surface area contributed by atoms with Crippen LogP contribution in [0.15, 0.2) is 6.07 Å². The number of aryl methyl sites for hydroxylation is 2. The molecule has 0 aromatic carbocycles. The van der Waals surface area contributed by atoms with Gasteiger partial charge < -0.3 is 5.73 Å². The Kier molecular flexibility index (Phi) is 1.80. The van der Waals surface area contributed by atoms with Gasteiger partial charge in [-0.15, -0.1) is 0 Å². The van der Waals surface area contributed by atoms with Crippen LogP contribution in [0.3, 0.4) is 0 Å². The van der Waals surface area contributed by atoms with Crippen LogP contribution >= 0.6 is 0 Å². The highest BCUT2D eigenvalue weighted by Gasteiger charge is 2.13. The molecule has 0 bridgehead atoms. The predicted octanol–water partition coefficient (Wildman–Crippen LogP) is 1.01. The molecule has 2 rings (SSSR count). The van der Waals surface area contributed by atoms with Crippen molar-refractivity contribution in [2.45, 2.75) is 13.8 Å². The van der Waals surface area contributed by atoms with Crippen LogP contribution < -0.4 is 5.73 Å². The van der Waals surface area contributed by atoms with Crippen molar-refractivity contribution in [3.63, 3.8) is 0 Å². The minimum Gasteiger partial charge on any atom is -0.384 e. The molecule has 5 nitrogen and oxygen atoms in total. The van der Waals surface area contributed by atoms with Crippen molar-refractivity contribution in [1.29, 1.82) is 0 Å². The zero-order valence-corrected chi connectivity index (χ0v) is 8.50. The van der Waals surface area contributed by atoms with E-state index in [9.17, 15) is 0 Å². The van der Waals surface area contributed by atoms with E-state index in [1.165, 1.54) is 0 Å². The van der Waals surface area contributed by atoms with Crippen molar-refractivity contribution in [2.24, 2.45) is 7.05 Å². The van der Waals surface area contributed by atoms with E-state index in [1.54, 1.807) is 4.68 Å². The van der Waals surface area contributed by atoms with Gasteiger partial charge in [-0.2, -0.15) is 10.2 Å². The molecule has 0 saturated carbocycles. The molecular formula is C9H13N5. The fourth-order valence-corrected chi connectivity index (χ4v) is 1.43. The molecule has 0 aliphatic heterocycles. The Morgan fingerprint density at radius 2 is 2.14 bits per heavy atom. The van der Waals surface area contributed by atoms with Crippen molar-refractivity contribution in [3.8, 4) is 11.4 Å². The first-order chi connectivity index (χ1) is 6.59. The minimum absolute atomic E-state index is 0.681. The van der Waals surface area contributed by atoms with E-state index in [2.05, 4.69) is 15.3 Å². The maximum Gasteiger partial charge on any atom is 0.124 e. The van der Waals surface area contributed by atoms with Gasteiger partial charge in [0.2, 0.25) is 0 Å².